The minimum atomic E-state index is 0.619. The molecule has 0 radical (unpaired) electrons. The van der Waals surface area contributed by atoms with Gasteiger partial charge in [-0.25, -0.2) is 4.85 Å². The molecule has 1 aliphatic rings. The number of hydrogen-bond donors (Lipinski definition) is 0. The summed E-state index contributed by atoms with van der Waals surface area (Å²) in [4.78, 5) is 7.78. The van der Waals surface area contributed by atoms with Crippen LogP contribution in [0.2, 0.25) is 0 Å². The Morgan fingerprint density at radius 3 is 1.89 bits per heavy atom. The van der Waals surface area contributed by atoms with Gasteiger partial charge in [0.2, 0.25) is 0 Å². The lowest BCUT2D eigenvalue weighted by Gasteiger charge is -2.09. The van der Waals surface area contributed by atoms with Crippen LogP contribution in [0.25, 0.3) is 57.6 Å². The Kier molecular flexibility index (Phi) is 5.54. The zero-order valence-corrected chi connectivity index (χ0v) is 22.5. The van der Waals surface area contributed by atoms with Gasteiger partial charge in [0.15, 0.2) is 5.69 Å². The fourth-order valence-electron chi connectivity index (χ4n) is 4.45. The van der Waals surface area contributed by atoms with E-state index in [0.29, 0.717) is 11.3 Å². The number of nitrogens with zero attached hydrogens (tertiary/aromatic N) is 6. The van der Waals surface area contributed by atoms with Gasteiger partial charge >= 0.3 is 0 Å². The van der Waals surface area contributed by atoms with Crippen LogP contribution in [0.15, 0.2) is 81.5 Å². The first-order valence-corrected chi connectivity index (χ1v) is 14.4. The van der Waals surface area contributed by atoms with Crippen molar-refractivity contribution in [2.75, 3.05) is 0 Å². The average molecular weight is 561 g/mol. The van der Waals surface area contributed by atoms with E-state index >= 15 is 0 Å². The molecule has 0 bridgehead atoms. The van der Waals surface area contributed by atoms with E-state index in [-0.39, 0.29) is 0 Å². The highest BCUT2D eigenvalue weighted by Gasteiger charge is 2.27. The first-order valence-electron chi connectivity index (χ1n) is 11.3. The lowest BCUT2D eigenvalue weighted by Crippen LogP contribution is -1.85. The molecule has 0 fully saturated rings. The number of thiophene rings is 2. The summed E-state index contributed by atoms with van der Waals surface area (Å²) in [5.74, 6) is 0. The van der Waals surface area contributed by atoms with Crippen LogP contribution in [0.3, 0.4) is 0 Å². The van der Waals surface area contributed by atoms with Crippen molar-refractivity contribution >= 4 is 73.9 Å². The normalized spacial score (nSPS) is 11.7. The fraction of sp³-hybridized carbons (Fsp3) is 0. The molecule has 0 saturated carbocycles. The Morgan fingerprint density at radius 2 is 1.29 bits per heavy atom. The van der Waals surface area contributed by atoms with Crippen LogP contribution < -0.4 is 0 Å². The van der Waals surface area contributed by atoms with E-state index in [9.17, 15) is 5.26 Å². The molecule has 6 aromatic rings. The Hall–Kier alpha value is -4.32. The predicted molar refractivity (Wildman–Crippen MR) is 157 cm³/mol. The van der Waals surface area contributed by atoms with Crippen LogP contribution in [0.4, 0.5) is 17.1 Å². The molecule has 3 aromatic carbocycles. The van der Waals surface area contributed by atoms with E-state index in [1.165, 1.54) is 23.1 Å². The van der Waals surface area contributed by atoms with E-state index < -0.39 is 0 Å². The second-order valence-corrected chi connectivity index (χ2v) is 11.6. The van der Waals surface area contributed by atoms with Crippen LogP contribution in [-0.2, 0) is 11.4 Å². The van der Waals surface area contributed by atoms with Gasteiger partial charge in [0.1, 0.15) is 22.4 Å². The van der Waals surface area contributed by atoms with Gasteiger partial charge in [-0.2, -0.15) is 22.7 Å². The van der Waals surface area contributed by atoms with Crippen molar-refractivity contribution in [3.05, 3.63) is 89.8 Å². The smallest absolute Gasteiger partial charge is 0.187 e. The number of aromatic nitrogens is 2. The topological polar surface area (TPSA) is 78.6 Å². The highest BCUT2D eigenvalue weighted by atomic mass is 32.1. The number of rotatable bonds is 4. The Labute approximate surface area is 233 Å². The van der Waals surface area contributed by atoms with E-state index in [4.69, 9.17) is 24.0 Å². The molecule has 38 heavy (non-hydrogen) atoms. The van der Waals surface area contributed by atoms with Crippen LogP contribution in [-0.4, -0.2) is 8.75 Å². The Balaban J connectivity index is 1.37. The molecule has 0 atom stereocenters. The standard InChI is InChI=1S/C28H12N6S4/c1-30-18-7-3-6-17(13-18)20-9-11-22(36-20)24-27-25(31-37-33-27)23(26-28(24)34-38-32-26)21-10-8-19(35-21)16-5-2-4-15(12-16)14-29/h2-13H. The number of benzene rings is 3. The second kappa shape index (κ2) is 9.21. The molecule has 0 spiro atoms. The number of fused-ring (bicyclic) bond motifs is 2. The highest BCUT2D eigenvalue weighted by Crippen LogP contribution is 2.54. The molecule has 1 aliphatic heterocycles. The van der Waals surface area contributed by atoms with Gasteiger partial charge in [0.05, 0.1) is 41.3 Å². The maximum atomic E-state index is 9.31. The van der Waals surface area contributed by atoms with Gasteiger partial charge in [-0.15, -0.1) is 22.7 Å². The fourth-order valence-corrected chi connectivity index (χ4v) is 7.67. The SMILES string of the molecule is [C-]#[N+]c1cccc(-c2ccc(-c3c4c(c(-c5ccc(-c6cccc(C#N)c6)s5)c5nsnc35)N=S=N4)s2)c1. The monoisotopic (exact) mass is 560 g/mol. The molecule has 10 heteroatoms. The zero-order valence-electron chi connectivity index (χ0n) is 19.2. The molecule has 178 valence electrons. The first-order chi connectivity index (χ1) is 18.7. The molecule has 0 aliphatic carbocycles. The summed E-state index contributed by atoms with van der Waals surface area (Å²) in [6.45, 7) is 7.34. The van der Waals surface area contributed by atoms with Gasteiger partial charge in [0, 0.05) is 30.6 Å². The molecule has 0 unspecified atom stereocenters. The summed E-state index contributed by atoms with van der Waals surface area (Å²) in [6.07, 6.45) is 0. The third kappa shape index (κ3) is 3.71. The molecule has 7 rings (SSSR count). The lowest BCUT2D eigenvalue weighted by molar-refractivity contribution is 1.49. The Bertz CT molecular complexity index is 1920. The third-order valence-corrected chi connectivity index (χ3v) is 9.53. The maximum Gasteiger partial charge on any atom is 0.187 e. The van der Waals surface area contributed by atoms with E-state index in [1.54, 1.807) is 22.7 Å². The predicted octanol–water partition coefficient (Wildman–Crippen LogP) is 9.63. The summed E-state index contributed by atoms with van der Waals surface area (Å²) in [7, 11) is 0. The number of nitriles is 1. The average Bonchev–Trinajstić information content (AvgIpc) is 3.78. The molecule has 0 saturated heterocycles. The zero-order chi connectivity index (χ0) is 25.6. The summed E-state index contributed by atoms with van der Waals surface area (Å²) >= 11 is 5.67. The van der Waals surface area contributed by atoms with Crippen molar-refractivity contribution in [2.24, 2.45) is 8.73 Å². The van der Waals surface area contributed by atoms with Crippen LogP contribution in [0.1, 0.15) is 5.56 Å². The summed E-state index contributed by atoms with van der Waals surface area (Å²) in [5.41, 5.74) is 8.41. The highest BCUT2D eigenvalue weighted by molar-refractivity contribution is 7.58. The van der Waals surface area contributed by atoms with Crippen molar-refractivity contribution in [3.63, 3.8) is 0 Å². The molecule has 0 N–H and O–H groups in total. The van der Waals surface area contributed by atoms with E-state index in [2.05, 4.69) is 35.2 Å². The van der Waals surface area contributed by atoms with Crippen molar-refractivity contribution < 1.29 is 0 Å². The van der Waals surface area contributed by atoms with E-state index in [1.807, 2.05) is 48.5 Å². The van der Waals surface area contributed by atoms with Crippen molar-refractivity contribution in [2.45, 2.75) is 0 Å². The number of hydrogen-bond acceptors (Lipinski definition) is 8. The summed E-state index contributed by atoms with van der Waals surface area (Å²) < 4.78 is 18.8. The quantitative estimate of drug-likeness (QED) is 0.201. The molecule has 0 amide bonds. The second-order valence-electron chi connectivity index (χ2n) is 8.36. The molecule has 6 nitrogen and oxygen atoms in total. The summed E-state index contributed by atoms with van der Waals surface area (Å²) in [5, 5.41) is 9.31. The maximum absolute atomic E-state index is 9.31. The third-order valence-electron chi connectivity index (χ3n) is 6.17. The van der Waals surface area contributed by atoms with Gasteiger partial charge < -0.3 is 0 Å². The molecular formula is C28H12N6S4. The van der Waals surface area contributed by atoms with Crippen molar-refractivity contribution in [3.8, 4) is 47.8 Å². The molecular weight excluding hydrogens is 549 g/mol. The van der Waals surface area contributed by atoms with Crippen LogP contribution in [0, 0.1) is 17.9 Å². The first kappa shape index (κ1) is 22.8. The van der Waals surface area contributed by atoms with Gasteiger partial charge in [0.25, 0.3) is 0 Å². The minimum Gasteiger partial charge on any atom is -0.238 e. The molecule has 3 aromatic heterocycles. The van der Waals surface area contributed by atoms with Crippen molar-refractivity contribution in [1.82, 2.24) is 8.75 Å². The minimum absolute atomic E-state index is 0.619. The molecule has 4 heterocycles. The summed E-state index contributed by atoms with van der Waals surface area (Å²) in [6, 6.07) is 25.8. The largest absolute Gasteiger partial charge is 0.238 e. The lowest BCUT2D eigenvalue weighted by atomic mass is 10.0. The van der Waals surface area contributed by atoms with Gasteiger partial charge in [-0.1, -0.05) is 30.3 Å². The van der Waals surface area contributed by atoms with Gasteiger partial charge in [-0.3, -0.25) is 0 Å². The Morgan fingerprint density at radius 1 is 0.711 bits per heavy atom. The van der Waals surface area contributed by atoms with Crippen LogP contribution >= 0.6 is 34.4 Å². The van der Waals surface area contributed by atoms with Crippen LogP contribution in [0.5, 0.6) is 0 Å². The van der Waals surface area contributed by atoms with E-state index in [0.717, 1.165) is 64.2 Å². The van der Waals surface area contributed by atoms with Crippen molar-refractivity contribution in [1.29, 1.82) is 5.26 Å². The van der Waals surface area contributed by atoms with Gasteiger partial charge in [-0.05, 0) is 53.6 Å².